The number of carboxylic acid groups (broad SMARTS) is 1. The van der Waals surface area contributed by atoms with Crippen LogP contribution in [-0.4, -0.2) is 29.3 Å². The van der Waals surface area contributed by atoms with Gasteiger partial charge in [-0.2, -0.15) is 0 Å². The zero-order valence-electron chi connectivity index (χ0n) is 12.4. The van der Waals surface area contributed by atoms with Crippen molar-refractivity contribution in [2.75, 3.05) is 7.11 Å². The highest BCUT2D eigenvalue weighted by Gasteiger charge is 2.24. The Balaban J connectivity index is 2.10. The predicted molar refractivity (Wildman–Crippen MR) is 81.3 cm³/mol. The summed E-state index contributed by atoms with van der Waals surface area (Å²) in [5, 5.41) is 18.7. The van der Waals surface area contributed by atoms with E-state index in [-0.39, 0.29) is 17.7 Å². The van der Waals surface area contributed by atoms with Gasteiger partial charge >= 0.3 is 11.9 Å². The smallest absolute Gasteiger partial charge is 0.349 e. The minimum absolute atomic E-state index is 0.0835. The van der Waals surface area contributed by atoms with Crippen molar-refractivity contribution >= 4 is 11.9 Å². The second-order valence-electron chi connectivity index (χ2n) is 4.83. The third-order valence-electron chi connectivity index (χ3n) is 3.13. The van der Waals surface area contributed by atoms with Crippen molar-refractivity contribution in [3.63, 3.8) is 0 Å². The molecule has 2 N–H and O–H groups in total. The Morgan fingerprint density at radius 2 is 1.87 bits per heavy atom. The largest absolute Gasteiger partial charge is 0.508 e. The van der Waals surface area contributed by atoms with Gasteiger partial charge in [0.25, 0.3) is 0 Å². The number of carboxylic acids is 1. The van der Waals surface area contributed by atoms with Crippen LogP contribution < -0.4 is 4.74 Å². The van der Waals surface area contributed by atoms with Crippen LogP contribution in [-0.2, 0) is 20.7 Å². The third kappa shape index (κ3) is 4.47. The summed E-state index contributed by atoms with van der Waals surface area (Å²) in [5.41, 5.74) is 0.839. The standard InChI is InChI=1S/C17H16O6/c1-22-14-7-2-4-11(8-14)9-15(19)23-16(17(20)21)12-5-3-6-13(18)10-12/h2-8,10,16,18H,9H2,1H3,(H,20,21). The number of hydrogen-bond donors (Lipinski definition) is 2. The average Bonchev–Trinajstić information content (AvgIpc) is 2.52. The molecule has 120 valence electrons. The molecule has 0 radical (unpaired) electrons. The first kappa shape index (κ1) is 16.4. The van der Waals surface area contributed by atoms with Crippen molar-refractivity contribution in [1.82, 2.24) is 0 Å². The minimum atomic E-state index is -1.47. The van der Waals surface area contributed by atoms with E-state index in [1.54, 1.807) is 24.3 Å². The highest BCUT2D eigenvalue weighted by atomic mass is 16.6. The van der Waals surface area contributed by atoms with E-state index in [1.807, 2.05) is 0 Å². The lowest BCUT2D eigenvalue weighted by Gasteiger charge is -2.14. The van der Waals surface area contributed by atoms with Crippen molar-refractivity contribution in [1.29, 1.82) is 0 Å². The first-order chi connectivity index (χ1) is 11.0. The first-order valence-corrected chi connectivity index (χ1v) is 6.83. The molecule has 0 saturated heterocycles. The number of carbonyl (C=O) groups excluding carboxylic acids is 1. The Kier molecular flexibility index (Phi) is 5.19. The molecular weight excluding hydrogens is 300 g/mol. The normalized spacial score (nSPS) is 11.5. The maximum absolute atomic E-state index is 12.0. The quantitative estimate of drug-likeness (QED) is 0.794. The molecule has 0 spiro atoms. The second kappa shape index (κ2) is 7.31. The number of phenols is 1. The summed E-state index contributed by atoms with van der Waals surface area (Å²) in [6.07, 6.45) is -1.56. The highest BCUT2D eigenvalue weighted by Crippen LogP contribution is 2.23. The van der Waals surface area contributed by atoms with Gasteiger partial charge in [-0.1, -0.05) is 24.3 Å². The molecule has 2 aromatic carbocycles. The summed E-state index contributed by atoms with van der Waals surface area (Å²) in [4.78, 5) is 23.3. The summed E-state index contributed by atoms with van der Waals surface area (Å²) in [7, 11) is 1.51. The summed E-state index contributed by atoms with van der Waals surface area (Å²) >= 11 is 0. The first-order valence-electron chi connectivity index (χ1n) is 6.83. The lowest BCUT2D eigenvalue weighted by atomic mass is 10.1. The molecule has 0 bridgehead atoms. The molecule has 0 fully saturated rings. The molecular formula is C17H16O6. The monoisotopic (exact) mass is 316 g/mol. The van der Waals surface area contributed by atoms with Gasteiger partial charge in [0.05, 0.1) is 13.5 Å². The van der Waals surface area contributed by atoms with Gasteiger partial charge < -0.3 is 19.7 Å². The van der Waals surface area contributed by atoms with Crippen molar-refractivity contribution in [3.05, 3.63) is 59.7 Å². The highest BCUT2D eigenvalue weighted by molar-refractivity contribution is 5.80. The van der Waals surface area contributed by atoms with Crippen LogP contribution in [0.1, 0.15) is 17.2 Å². The summed E-state index contributed by atoms with van der Waals surface area (Å²) in [6.45, 7) is 0. The fourth-order valence-corrected chi connectivity index (χ4v) is 2.07. The summed E-state index contributed by atoms with van der Waals surface area (Å²) in [5.74, 6) is -1.50. The molecule has 0 aromatic heterocycles. The van der Waals surface area contributed by atoms with E-state index < -0.39 is 18.0 Å². The van der Waals surface area contributed by atoms with Gasteiger partial charge in [0.2, 0.25) is 6.10 Å². The fourth-order valence-electron chi connectivity index (χ4n) is 2.07. The zero-order chi connectivity index (χ0) is 16.8. The average molecular weight is 316 g/mol. The van der Waals surface area contributed by atoms with E-state index in [9.17, 15) is 19.8 Å². The molecule has 6 heteroatoms. The van der Waals surface area contributed by atoms with Crippen LogP contribution in [0.3, 0.4) is 0 Å². The molecule has 6 nitrogen and oxygen atoms in total. The van der Waals surface area contributed by atoms with Crippen LogP contribution >= 0.6 is 0 Å². The van der Waals surface area contributed by atoms with Crippen LogP contribution in [0.25, 0.3) is 0 Å². The Labute approximate surface area is 132 Å². The predicted octanol–water partition coefficient (Wildman–Crippen LogP) is 2.31. The van der Waals surface area contributed by atoms with Gasteiger partial charge in [-0.25, -0.2) is 4.79 Å². The molecule has 1 atom stereocenters. The SMILES string of the molecule is COc1cccc(CC(=O)OC(C(=O)O)c2cccc(O)c2)c1. The van der Waals surface area contributed by atoms with E-state index in [4.69, 9.17) is 9.47 Å². The van der Waals surface area contributed by atoms with Crippen LogP contribution in [0, 0.1) is 0 Å². The van der Waals surface area contributed by atoms with Crippen LogP contribution in [0.2, 0.25) is 0 Å². The molecule has 2 rings (SSSR count). The Hall–Kier alpha value is -3.02. The molecule has 2 aromatic rings. The maximum atomic E-state index is 12.0. The van der Waals surface area contributed by atoms with E-state index >= 15 is 0 Å². The number of ether oxygens (including phenoxy) is 2. The van der Waals surface area contributed by atoms with Gasteiger partial charge in [0.1, 0.15) is 11.5 Å². The van der Waals surface area contributed by atoms with Crippen molar-refractivity contribution in [2.24, 2.45) is 0 Å². The number of methoxy groups -OCH3 is 1. The van der Waals surface area contributed by atoms with Crippen LogP contribution in [0.4, 0.5) is 0 Å². The Morgan fingerprint density at radius 1 is 1.13 bits per heavy atom. The lowest BCUT2D eigenvalue weighted by Crippen LogP contribution is -2.20. The van der Waals surface area contributed by atoms with E-state index in [2.05, 4.69) is 0 Å². The molecule has 0 heterocycles. The minimum Gasteiger partial charge on any atom is -0.508 e. The molecule has 1 unspecified atom stereocenters. The van der Waals surface area contributed by atoms with E-state index in [1.165, 1.54) is 31.4 Å². The lowest BCUT2D eigenvalue weighted by molar-refractivity contribution is -0.164. The number of carbonyl (C=O) groups is 2. The summed E-state index contributed by atoms with van der Waals surface area (Å²) in [6, 6.07) is 12.5. The summed E-state index contributed by atoms with van der Waals surface area (Å²) < 4.78 is 10.1. The van der Waals surface area contributed by atoms with Crippen LogP contribution in [0.15, 0.2) is 48.5 Å². The van der Waals surface area contributed by atoms with Crippen molar-refractivity contribution in [3.8, 4) is 11.5 Å². The van der Waals surface area contributed by atoms with E-state index in [0.29, 0.717) is 11.3 Å². The number of hydrogen-bond acceptors (Lipinski definition) is 5. The molecule has 0 saturated carbocycles. The molecule has 23 heavy (non-hydrogen) atoms. The number of aliphatic carboxylic acids is 1. The number of phenolic OH excluding ortho intramolecular Hbond substituents is 1. The number of rotatable bonds is 6. The van der Waals surface area contributed by atoms with Gasteiger partial charge in [-0.3, -0.25) is 4.79 Å². The van der Waals surface area contributed by atoms with Crippen molar-refractivity contribution in [2.45, 2.75) is 12.5 Å². The molecule has 0 amide bonds. The third-order valence-corrected chi connectivity index (χ3v) is 3.13. The number of aromatic hydroxyl groups is 1. The van der Waals surface area contributed by atoms with Crippen LogP contribution in [0.5, 0.6) is 11.5 Å². The fraction of sp³-hybridized carbons (Fsp3) is 0.176. The molecule has 0 aliphatic carbocycles. The number of benzene rings is 2. The Morgan fingerprint density at radius 3 is 2.52 bits per heavy atom. The van der Waals surface area contributed by atoms with Gasteiger partial charge in [0, 0.05) is 5.56 Å². The van der Waals surface area contributed by atoms with Gasteiger partial charge in [-0.05, 0) is 29.8 Å². The van der Waals surface area contributed by atoms with Gasteiger partial charge in [0.15, 0.2) is 0 Å². The molecule has 0 aliphatic heterocycles. The van der Waals surface area contributed by atoms with Crippen molar-refractivity contribution < 1.29 is 29.3 Å². The van der Waals surface area contributed by atoms with E-state index in [0.717, 1.165) is 0 Å². The number of esters is 1. The zero-order valence-corrected chi connectivity index (χ0v) is 12.4. The topological polar surface area (TPSA) is 93.1 Å². The molecule has 0 aliphatic rings. The maximum Gasteiger partial charge on any atom is 0.349 e. The Bertz CT molecular complexity index is 710. The second-order valence-corrected chi connectivity index (χ2v) is 4.83. The van der Waals surface area contributed by atoms with Gasteiger partial charge in [-0.15, -0.1) is 0 Å².